The Morgan fingerprint density at radius 1 is 1.25 bits per heavy atom. The molecule has 2 atom stereocenters. The number of carbonyl (C=O) groups excluding carboxylic acids is 1. The van der Waals surface area contributed by atoms with Gasteiger partial charge in [0, 0.05) is 5.02 Å². The third-order valence-corrected chi connectivity index (χ3v) is 3.51. The number of carbonyl (C=O) groups is 2. The maximum atomic E-state index is 13.5. The van der Waals surface area contributed by atoms with Gasteiger partial charge < -0.3 is 10.4 Å². The largest absolute Gasteiger partial charge is 0.481 e. The summed E-state index contributed by atoms with van der Waals surface area (Å²) in [7, 11) is 0. The van der Waals surface area contributed by atoms with E-state index in [-0.39, 0.29) is 5.69 Å². The highest BCUT2D eigenvalue weighted by molar-refractivity contribution is 6.30. The van der Waals surface area contributed by atoms with Gasteiger partial charge >= 0.3 is 5.97 Å². The summed E-state index contributed by atoms with van der Waals surface area (Å²) in [4.78, 5) is 23.3. The summed E-state index contributed by atoms with van der Waals surface area (Å²) in [6, 6.07) is 3.81. The average molecular weight is 298 g/mol. The van der Waals surface area contributed by atoms with Gasteiger partial charge in [0.05, 0.1) is 17.5 Å². The minimum Gasteiger partial charge on any atom is -0.481 e. The van der Waals surface area contributed by atoms with Crippen LogP contribution in [0.1, 0.15) is 12.8 Å². The maximum absolute atomic E-state index is 13.5. The second-order valence-corrected chi connectivity index (χ2v) is 5.04. The molecular formula is C14H13ClFNO3. The van der Waals surface area contributed by atoms with Gasteiger partial charge in [-0.1, -0.05) is 23.8 Å². The zero-order valence-corrected chi connectivity index (χ0v) is 11.2. The number of anilines is 1. The number of rotatable bonds is 3. The quantitative estimate of drug-likeness (QED) is 0.843. The van der Waals surface area contributed by atoms with Crippen LogP contribution in [0, 0.1) is 17.7 Å². The van der Waals surface area contributed by atoms with Crippen molar-refractivity contribution in [2.45, 2.75) is 12.8 Å². The molecule has 6 heteroatoms. The SMILES string of the molecule is O=C(O)C1CC=CCC1C(=O)Nc1cc(Cl)ccc1F. The highest BCUT2D eigenvalue weighted by Gasteiger charge is 2.34. The Balaban J connectivity index is 2.16. The molecule has 1 amide bonds. The van der Waals surface area contributed by atoms with E-state index in [1.54, 1.807) is 12.2 Å². The molecule has 0 saturated heterocycles. The standard InChI is InChI=1S/C14H13ClFNO3/c15-8-5-6-11(16)12(7-8)17-13(18)9-3-1-2-4-10(9)14(19)20/h1-2,5-7,9-10H,3-4H2,(H,17,18)(H,19,20). The van der Waals surface area contributed by atoms with E-state index in [2.05, 4.69) is 5.32 Å². The van der Waals surface area contributed by atoms with Crippen molar-refractivity contribution in [3.05, 3.63) is 41.2 Å². The van der Waals surface area contributed by atoms with Gasteiger partial charge in [-0.15, -0.1) is 0 Å². The minimum absolute atomic E-state index is 0.0406. The van der Waals surface area contributed by atoms with Crippen LogP contribution in [-0.2, 0) is 9.59 Å². The average Bonchev–Trinajstić information content (AvgIpc) is 2.42. The van der Waals surface area contributed by atoms with E-state index in [4.69, 9.17) is 16.7 Å². The van der Waals surface area contributed by atoms with Crippen molar-refractivity contribution in [3.63, 3.8) is 0 Å². The van der Waals surface area contributed by atoms with E-state index < -0.39 is 29.5 Å². The van der Waals surface area contributed by atoms with Crippen LogP contribution in [0.5, 0.6) is 0 Å². The van der Waals surface area contributed by atoms with Gasteiger partial charge in [-0.25, -0.2) is 4.39 Å². The van der Waals surface area contributed by atoms with E-state index in [0.29, 0.717) is 17.9 Å². The maximum Gasteiger partial charge on any atom is 0.307 e. The van der Waals surface area contributed by atoms with Crippen molar-refractivity contribution >= 4 is 29.2 Å². The molecule has 0 spiro atoms. The molecule has 2 unspecified atom stereocenters. The van der Waals surface area contributed by atoms with Crippen molar-refractivity contribution in [3.8, 4) is 0 Å². The zero-order valence-electron chi connectivity index (χ0n) is 10.5. The van der Waals surface area contributed by atoms with Gasteiger partial charge in [0.1, 0.15) is 5.82 Å². The fraction of sp³-hybridized carbons (Fsp3) is 0.286. The van der Waals surface area contributed by atoms with Crippen molar-refractivity contribution in [1.29, 1.82) is 0 Å². The summed E-state index contributed by atoms with van der Waals surface area (Å²) in [5.41, 5.74) is -0.0406. The topological polar surface area (TPSA) is 66.4 Å². The molecule has 0 aromatic heterocycles. The minimum atomic E-state index is -1.03. The Hall–Kier alpha value is -1.88. The van der Waals surface area contributed by atoms with Crippen molar-refractivity contribution in [2.75, 3.05) is 5.32 Å². The molecule has 0 heterocycles. The normalized spacial score (nSPS) is 21.5. The van der Waals surface area contributed by atoms with Crippen LogP contribution < -0.4 is 5.32 Å². The molecule has 0 aliphatic heterocycles. The summed E-state index contributed by atoms with van der Waals surface area (Å²) in [5, 5.41) is 11.8. The van der Waals surface area contributed by atoms with E-state index in [1.807, 2.05) is 0 Å². The Labute approximate surface area is 120 Å². The third kappa shape index (κ3) is 3.17. The Morgan fingerprint density at radius 2 is 1.90 bits per heavy atom. The predicted molar refractivity (Wildman–Crippen MR) is 73.0 cm³/mol. The molecule has 0 radical (unpaired) electrons. The number of carboxylic acid groups (broad SMARTS) is 1. The molecule has 1 aliphatic carbocycles. The van der Waals surface area contributed by atoms with Crippen LogP contribution in [0.2, 0.25) is 5.02 Å². The van der Waals surface area contributed by atoms with Gasteiger partial charge in [-0.2, -0.15) is 0 Å². The fourth-order valence-electron chi connectivity index (χ4n) is 2.20. The summed E-state index contributed by atoms with van der Waals surface area (Å²) in [6.07, 6.45) is 4.12. The van der Waals surface area contributed by atoms with Gasteiger partial charge in [0.2, 0.25) is 5.91 Å². The lowest BCUT2D eigenvalue weighted by molar-refractivity contribution is -0.146. The second-order valence-electron chi connectivity index (χ2n) is 4.61. The number of amides is 1. The van der Waals surface area contributed by atoms with Crippen LogP contribution in [0.3, 0.4) is 0 Å². The van der Waals surface area contributed by atoms with Gasteiger partial charge in [0.15, 0.2) is 0 Å². The molecule has 2 N–H and O–H groups in total. The molecule has 20 heavy (non-hydrogen) atoms. The summed E-state index contributed by atoms with van der Waals surface area (Å²) >= 11 is 5.74. The van der Waals surface area contributed by atoms with E-state index in [1.165, 1.54) is 12.1 Å². The van der Waals surface area contributed by atoms with Crippen molar-refractivity contribution in [1.82, 2.24) is 0 Å². The van der Waals surface area contributed by atoms with Crippen LogP contribution in [0.25, 0.3) is 0 Å². The lowest BCUT2D eigenvalue weighted by Crippen LogP contribution is -2.34. The molecule has 1 aromatic rings. The highest BCUT2D eigenvalue weighted by atomic mass is 35.5. The van der Waals surface area contributed by atoms with Gasteiger partial charge in [-0.05, 0) is 31.0 Å². The third-order valence-electron chi connectivity index (χ3n) is 3.27. The van der Waals surface area contributed by atoms with Crippen LogP contribution >= 0.6 is 11.6 Å². The number of benzene rings is 1. The number of carboxylic acids is 1. The molecule has 1 aromatic carbocycles. The van der Waals surface area contributed by atoms with Crippen molar-refractivity contribution in [2.24, 2.45) is 11.8 Å². The number of hydrogen-bond donors (Lipinski definition) is 2. The first-order chi connectivity index (χ1) is 9.49. The highest BCUT2D eigenvalue weighted by Crippen LogP contribution is 2.28. The van der Waals surface area contributed by atoms with E-state index in [0.717, 1.165) is 6.07 Å². The van der Waals surface area contributed by atoms with Gasteiger partial charge in [0.25, 0.3) is 0 Å². The smallest absolute Gasteiger partial charge is 0.307 e. The molecule has 0 bridgehead atoms. The van der Waals surface area contributed by atoms with Crippen LogP contribution in [0.15, 0.2) is 30.4 Å². The fourth-order valence-corrected chi connectivity index (χ4v) is 2.37. The number of allylic oxidation sites excluding steroid dienone is 2. The Bertz CT molecular complexity index is 574. The number of halogens is 2. The number of nitrogens with one attached hydrogen (secondary N) is 1. The molecule has 0 saturated carbocycles. The first kappa shape index (κ1) is 14.5. The molecule has 2 rings (SSSR count). The first-order valence-electron chi connectivity index (χ1n) is 6.12. The van der Waals surface area contributed by atoms with Gasteiger partial charge in [-0.3, -0.25) is 9.59 Å². The monoisotopic (exact) mass is 297 g/mol. The first-order valence-corrected chi connectivity index (χ1v) is 6.50. The summed E-state index contributed by atoms with van der Waals surface area (Å²) in [5.74, 6) is -3.65. The molecule has 0 fully saturated rings. The second kappa shape index (κ2) is 6.05. The van der Waals surface area contributed by atoms with E-state index >= 15 is 0 Å². The lowest BCUT2D eigenvalue weighted by Gasteiger charge is -2.24. The lowest BCUT2D eigenvalue weighted by atomic mass is 9.82. The summed E-state index contributed by atoms with van der Waals surface area (Å²) < 4.78 is 13.5. The molecule has 4 nitrogen and oxygen atoms in total. The molecule has 106 valence electrons. The van der Waals surface area contributed by atoms with Crippen LogP contribution in [0.4, 0.5) is 10.1 Å². The van der Waals surface area contributed by atoms with E-state index in [9.17, 15) is 14.0 Å². The Morgan fingerprint density at radius 3 is 2.55 bits per heavy atom. The zero-order chi connectivity index (χ0) is 14.7. The number of hydrogen-bond acceptors (Lipinski definition) is 2. The summed E-state index contributed by atoms with van der Waals surface area (Å²) in [6.45, 7) is 0. The van der Waals surface area contributed by atoms with Crippen molar-refractivity contribution < 1.29 is 19.1 Å². The molecular weight excluding hydrogens is 285 g/mol. The number of aliphatic carboxylic acids is 1. The molecule has 1 aliphatic rings. The Kier molecular flexibility index (Phi) is 4.39. The predicted octanol–water partition coefficient (Wildman–Crippen LogP) is 3.08. The van der Waals surface area contributed by atoms with Crippen LogP contribution in [-0.4, -0.2) is 17.0 Å².